The molecule has 0 aromatic carbocycles. The average molecular weight is 339 g/mol. The third-order valence-electron chi connectivity index (χ3n) is 4.56. The van der Waals surface area contributed by atoms with Crippen molar-refractivity contribution >= 4 is 23.2 Å². The summed E-state index contributed by atoms with van der Waals surface area (Å²) in [6.45, 7) is 1.39. The number of ether oxygens (including phenoxy) is 1. The number of likely N-dealkylation sites (tertiary alicyclic amines) is 1. The van der Waals surface area contributed by atoms with Crippen molar-refractivity contribution in [1.29, 1.82) is 0 Å². The molecule has 1 fully saturated rings. The lowest BCUT2D eigenvalue weighted by molar-refractivity contribution is -0.156. The molecule has 0 unspecified atom stereocenters. The molecule has 1 saturated heterocycles. The van der Waals surface area contributed by atoms with Gasteiger partial charge in [-0.1, -0.05) is 6.07 Å². The summed E-state index contributed by atoms with van der Waals surface area (Å²) in [5.41, 5.74) is -0.850. The van der Waals surface area contributed by atoms with Crippen molar-refractivity contribution in [3.05, 3.63) is 22.4 Å². The van der Waals surface area contributed by atoms with Gasteiger partial charge in [0.25, 0.3) is 0 Å². The zero-order valence-electron chi connectivity index (χ0n) is 13.6. The van der Waals surface area contributed by atoms with Crippen LogP contribution in [0.4, 0.5) is 0 Å². The molecule has 1 aromatic heterocycles. The van der Waals surface area contributed by atoms with Gasteiger partial charge in [0, 0.05) is 38.1 Å². The molecule has 0 saturated carbocycles. The van der Waals surface area contributed by atoms with E-state index in [0.29, 0.717) is 39.0 Å². The highest BCUT2D eigenvalue weighted by atomic mass is 32.1. The van der Waals surface area contributed by atoms with Crippen molar-refractivity contribution in [3.63, 3.8) is 0 Å². The van der Waals surface area contributed by atoms with Crippen LogP contribution in [0.15, 0.2) is 17.5 Å². The average Bonchev–Trinajstić information content (AvgIpc) is 3.06. The van der Waals surface area contributed by atoms with Gasteiger partial charge in [0.1, 0.15) is 0 Å². The van der Waals surface area contributed by atoms with E-state index in [2.05, 4.69) is 6.07 Å². The summed E-state index contributed by atoms with van der Waals surface area (Å²) in [6.07, 6.45) is 4.02. The molecule has 1 N–H and O–H groups in total. The first-order valence-corrected chi connectivity index (χ1v) is 8.98. The van der Waals surface area contributed by atoms with Crippen LogP contribution in [-0.2, 0) is 20.7 Å². The summed E-state index contributed by atoms with van der Waals surface area (Å²) in [4.78, 5) is 27.2. The number of hydrogen-bond acceptors (Lipinski definition) is 4. The molecule has 0 spiro atoms. The lowest BCUT2D eigenvalue weighted by Gasteiger charge is -2.40. The Balaban J connectivity index is 1.88. The van der Waals surface area contributed by atoms with Gasteiger partial charge in [-0.05, 0) is 43.6 Å². The Morgan fingerprint density at radius 1 is 1.48 bits per heavy atom. The van der Waals surface area contributed by atoms with Crippen LogP contribution in [0.1, 0.15) is 37.0 Å². The minimum absolute atomic E-state index is 0.0734. The Bertz CT molecular complexity index is 517. The van der Waals surface area contributed by atoms with Crippen LogP contribution < -0.4 is 0 Å². The minimum atomic E-state index is -0.850. The van der Waals surface area contributed by atoms with Gasteiger partial charge >= 0.3 is 5.97 Å². The third-order valence-corrected chi connectivity index (χ3v) is 5.50. The van der Waals surface area contributed by atoms with Crippen LogP contribution in [0.3, 0.4) is 0 Å². The summed E-state index contributed by atoms with van der Waals surface area (Å²) in [5.74, 6) is -0.741. The smallest absolute Gasteiger partial charge is 0.311 e. The van der Waals surface area contributed by atoms with Crippen molar-refractivity contribution < 1.29 is 19.4 Å². The number of aliphatic carboxylic acids is 1. The number of nitrogens with zero attached hydrogens (tertiary/aromatic N) is 1. The standard InChI is InChI=1S/C17H25NO4S/c1-22-11-9-17(16(20)21)8-4-10-18(13-17)15(19)7-2-5-14-6-3-12-23-14/h3,6,12H,2,4-5,7-11,13H2,1H3,(H,20,21)/t17-/m1/s1. The van der Waals surface area contributed by atoms with Crippen LogP contribution in [0.5, 0.6) is 0 Å². The number of thiophene rings is 1. The molecule has 2 rings (SSSR count). The molecule has 0 radical (unpaired) electrons. The fourth-order valence-electron chi connectivity index (χ4n) is 3.15. The van der Waals surface area contributed by atoms with Crippen LogP contribution in [0.2, 0.25) is 0 Å². The first kappa shape index (κ1) is 17.9. The van der Waals surface area contributed by atoms with Crippen molar-refractivity contribution in [2.24, 2.45) is 5.41 Å². The normalized spacial score (nSPS) is 21.3. The first-order chi connectivity index (χ1) is 11.1. The monoisotopic (exact) mass is 339 g/mol. The fraction of sp³-hybridized carbons (Fsp3) is 0.647. The maximum Gasteiger partial charge on any atom is 0.311 e. The molecule has 1 aliphatic rings. The number of carbonyl (C=O) groups is 2. The summed E-state index contributed by atoms with van der Waals surface area (Å²) < 4.78 is 5.06. The molecule has 1 aromatic rings. The number of methoxy groups -OCH3 is 1. The molecule has 1 aliphatic heterocycles. The van der Waals surface area contributed by atoms with Crippen molar-refractivity contribution in [2.75, 3.05) is 26.8 Å². The number of carbonyl (C=O) groups excluding carboxylic acids is 1. The highest BCUT2D eigenvalue weighted by molar-refractivity contribution is 7.09. The molecule has 5 nitrogen and oxygen atoms in total. The minimum Gasteiger partial charge on any atom is -0.481 e. The number of carboxylic acids is 1. The molecule has 0 aliphatic carbocycles. The first-order valence-electron chi connectivity index (χ1n) is 8.10. The lowest BCUT2D eigenvalue weighted by atomic mass is 9.77. The van der Waals surface area contributed by atoms with E-state index in [1.54, 1.807) is 23.3 Å². The quantitative estimate of drug-likeness (QED) is 0.791. The predicted octanol–water partition coefficient (Wildman–Crippen LogP) is 2.80. The Hall–Kier alpha value is -1.40. The number of piperidine rings is 1. The molecule has 23 heavy (non-hydrogen) atoms. The molecule has 0 bridgehead atoms. The zero-order valence-corrected chi connectivity index (χ0v) is 14.4. The highest BCUT2D eigenvalue weighted by Gasteiger charge is 2.43. The molecular formula is C17H25NO4S. The van der Waals surface area contributed by atoms with Gasteiger partial charge < -0.3 is 14.7 Å². The second kappa shape index (κ2) is 8.45. The van der Waals surface area contributed by atoms with Crippen LogP contribution in [0, 0.1) is 5.41 Å². The molecule has 128 valence electrons. The van der Waals surface area contributed by atoms with E-state index in [1.807, 2.05) is 11.4 Å². The van der Waals surface area contributed by atoms with E-state index < -0.39 is 11.4 Å². The molecule has 1 amide bonds. The van der Waals surface area contributed by atoms with Gasteiger partial charge in [0.2, 0.25) is 5.91 Å². The maximum absolute atomic E-state index is 12.4. The van der Waals surface area contributed by atoms with Crippen LogP contribution in [-0.4, -0.2) is 48.7 Å². The van der Waals surface area contributed by atoms with E-state index in [0.717, 1.165) is 19.3 Å². The Labute approximate surface area is 141 Å². The Kier molecular flexibility index (Phi) is 6.59. The van der Waals surface area contributed by atoms with Gasteiger partial charge in [-0.15, -0.1) is 11.3 Å². The van der Waals surface area contributed by atoms with E-state index in [4.69, 9.17) is 4.74 Å². The van der Waals surface area contributed by atoms with Gasteiger partial charge in [-0.2, -0.15) is 0 Å². The van der Waals surface area contributed by atoms with E-state index in [9.17, 15) is 14.7 Å². The van der Waals surface area contributed by atoms with Crippen LogP contribution in [0.25, 0.3) is 0 Å². The van der Waals surface area contributed by atoms with Gasteiger partial charge in [-0.3, -0.25) is 9.59 Å². The Morgan fingerprint density at radius 3 is 2.96 bits per heavy atom. The highest BCUT2D eigenvalue weighted by Crippen LogP contribution is 2.34. The fourth-order valence-corrected chi connectivity index (χ4v) is 3.91. The number of rotatable bonds is 8. The van der Waals surface area contributed by atoms with E-state index >= 15 is 0 Å². The predicted molar refractivity (Wildman–Crippen MR) is 89.6 cm³/mol. The van der Waals surface area contributed by atoms with Gasteiger partial charge in [-0.25, -0.2) is 0 Å². The SMILES string of the molecule is COCC[C@]1(C(=O)O)CCCN(C(=O)CCCc2cccs2)C1. The molecule has 1 atom stereocenters. The van der Waals surface area contributed by atoms with Gasteiger partial charge in [0.15, 0.2) is 0 Å². The summed E-state index contributed by atoms with van der Waals surface area (Å²) in [7, 11) is 1.58. The lowest BCUT2D eigenvalue weighted by Crippen LogP contribution is -2.50. The molecular weight excluding hydrogens is 314 g/mol. The van der Waals surface area contributed by atoms with Gasteiger partial charge in [0.05, 0.1) is 5.41 Å². The Morgan fingerprint density at radius 2 is 2.30 bits per heavy atom. The van der Waals surface area contributed by atoms with Crippen molar-refractivity contribution in [3.8, 4) is 0 Å². The van der Waals surface area contributed by atoms with Crippen molar-refractivity contribution in [1.82, 2.24) is 4.90 Å². The van der Waals surface area contributed by atoms with Crippen LogP contribution >= 0.6 is 11.3 Å². The number of carboxylic acid groups (broad SMARTS) is 1. The summed E-state index contributed by atoms with van der Waals surface area (Å²) in [6, 6.07) is 4.10. The number of aryl methyl sites for hydroxylation is 1. The number of amides is 1. The maximum atomic E-state index is 12.4. The largest absolute Gasteiger partial charge is 0.481 e. The summed E-state index contributed by atoms with van der Waals surface area (Å²) in [5, 5.41) is 11.7. The van der Waals surface area contributed by atoms with E-state index in [1.165, 1.54) is 4.88 Å². The summed E-state index contributed by atoms with van der Waals surface area (Å²) >= 11 is 1.71. The topological polar surface area (TPSA) is 66.8 Å². The zero-order chi connectivity index (χ0) is 16.7. The van der Waals surface area contributed by atoms with E-state index in [-0.39, 0.29) is 5.91 Å². The third kappa shape index (κ3) is 4.78. The second-order valence-corrected chi connectivity index (χ2v) is 7.21. The van der Waals surface area contributed by atoms with Crippen molar-refractivity contribution in [2.45, 2.75) is 38.5 Å². The molecule has 2 heterocycles. The number of hydrogen-bond donors (Lipinski definition) is 1. The second-order valence-electron chi connectivity index (χ2n) is 6.18. The molecule has 6 heteroatoms.